The Balaban J connectivity index is 3.13. The standard InChI is InChI=1S/C86H172O3/c1-3-5-7-9-10-11-12-13-14-15-16-17-18-19-20-21-22-23-24-25-26-27-28-29-30-31-32-33-34-35-36-37-38-39-40-41-42-43-44-45-46-47-48-49-50-51-52-53-54-55-56-57-58-59-60-61-62-63-64-65-66-67-70-73-76-80-84-89-86(88)83-79-75-72-69-68-71-74-78-82-85(87)81-77-8-6-4-2/h85,87H,3-84H2,1-2H3. The van der Waals surface area contributed by atoms with Crippen LogP contribution in [0.3, 0.4) is 0 Å². The molecule has 1 unspecified atom stereocenters. The van der Waals surface area contributed by atoms with Gasteiger partial charge in [-0.3, -0.25) is 4.79 Å². The van der Waals surface area contributed by atoms with Crippen LogP contribution in [0.2, 0.25) is 0 Å². The number of aliphatic hydroxyl groups is 1. The normalized spacial score (nSPS) is 12.1. The van der Waals surface area contributed by atoms with E-state index in [2.05, 4.69) is 13.8 Å². The molecule has 0 heterocycles. The minimum Gasteiger partial charge on any atom is -0.466 e. The zero-order chi connectivity index (χ0) is 63.8. The summed E-state index contributed by atoms with van der Waals surface area (Å²) in [7, 11) is 0. The van der Waals surface area contributed by atoms with Crippen molar-refractivity contribution in [3.63, 3.8) is 0 Å². The van der Waals surface area contributed by atoms with E-state index in [1.807, 2.05) is 0 Å². The van der Waals surface area contributed by atoms with Crippen molar-refractivity contribution in [1.29, 1.82) is 0 Å². The fourth-order valence-corrected chi connectivity index (χ4v) is 14.4. The SMILES string of the molecule is CCCCCCCCCCCCCCCCCCCCCCCCCCCCCCCCCCCCCCCCCCCCCCCCCCCCCCCCCCCCCCCCCCCCOC(=O)CCCCCCCCCCC(O)CCCCCC. The van der Waals surface area contributed by atoms with E-state index in [-0.39, 0.29) is 12.1 Å². The molecule has 0 rings (SSSR count). The summed E-state index contributed by atoms with van der Waals surface area (Å²) in [5.74, 6) is 0.0108. The quantitative estimate of drug-likeness (QED) is 0.0488. The van der Waals surface area contributed by atoms with Crippen LogP contribution in [-0.2, 0) is 9.53 Å². The molecule has 1 N–H and O–H groups in total. The number of ether oxygens (including phenoxy) is 1. The van der Waals surface area contributed by atoms with E-state index in [0.717, 1.165) is 32.1 Å². The van der Waals surface area contributed by atoms with Crippen molar-refractivity contribution in [1.82, 2.24) is 0 Å². The van der Waals surface area contributed by atoms with Gasteiger partial charge in [-0.25, -0.2) is 0 Å². The van der Waals surface area contributed by atoms with Gasteiger partial charge in [0.1, 0.15) is 0 Å². The molecule has 0 aromatic rings. The first kappa shape index (κ1) is 88.4. The topological polar surface area (TPSA) is 46.5 Å². The first-order valence-electron chi connectivity index (χ1n) is 43.0. The van der Waals surface area contributed by atoms with E-state index in [9.17, 15) is 9.90 Å². The second-order valence-corrected chi connectivity index (χ2v) is 30.1. The Labute approximate surface area is 564 Å². The maximum absolute atomic E-state index is 12.1. The van der Waals surface area contributed by atoms with Crippen LogP contribution in [-0.4, -0.2) is 23.8 Å². The molecule has 0 radical (unpaired) electrons. The summed E-state index contributed by atoms with van der Waals surface area (Å²) in [4.78, 5) is 12.1. The zero-order valence-electron chi connectivity index (χ0n) is 62.3. The number of carbonyl (C=O) groups is 1. The smallest absolute Gasteiger partial charge is 0.305 e. The monoisotopic (exact) mass is 1250 g/mol. The van der Waals surface area contributed by atoms with Crippen LogP contribution in [0.25, 0.3) is 0 Å². The number of hydrogen-bond acceptors (Lipinski definition) is 3. The highest BCUT2D eigenvalue weighted by Gasteiger charge is 2.06. The largest absolute Gasteiger partial charge is 0.466 e. The highest BCUT2D eigenvalue weighted by atomic mass is 16.5. The van der Waals surface area contributed by atoms with E-state index in [0.29, 0.717) is 13.0 Å². The molecular formula is C86H172O3. The predicted molar refractivity (Wildman–Crippen MR) is 402 cm³/mol. The van der Waals surface area contributed by atoms with Gasteiger partial charge in [-0.2, -0.15) is 0 Å². The molecule has 1 atom stereocenters. The highest BCUT2D eigenvalue weighted by Crippen LogP contribution is 2.22. The van der Waals surface area contributed by atoms with Crippen molar-refractivity contribution < 1.29 is 14.6 Å². The van der Waals surface area contributed by atoms with Crippen molar-refractivity contribution >= 4 is 5.97 Å². The third-order valence-corrected chi connectivity index (χ3v) is 20.8. The van der Waals surface area contributed by atoms with Crippen LogP contribution >= 0.6 is 0 Å². The van der Waals surface area contributed by atoms with Crippen molar-refractivity contribution in [2.45, 2.75) is 540 Å². The Morgan fingerprint density at radius 1 is 0.202 bits per heavy atom. The Kier molecular flexibility index (Phi) is 83.0. The fraction of sp³-hybridized carbons (Fsp3) is 0.988. The Hall–Kier alpha value is -0.570. The lowest BCUT2D eigenvalue weighted by Gasteiger charge is -2.10. The molecule has 3 heteroatoms. The van der Waals surface area contributed by atoms with Gasteiger partial charge in [0.15, 0.2) is 0 Å². The predicted octanol–water partition coefficient (Wildman–Crippen LogP) is 31.5. The molecule has 0 fully saturated rings. The number of unbranched alkanes of at least 4 members (excludes halogenated alkanes) is 75. The van der Waals surface area contributed by atoms with Crippen LogP contribution in [0.1, 0.15) is 534 Å². The number of hydrogen-bond donors (Lipinski definition) is 1. The van der Waals surface area contributed by atoms with E-state index >= 15 is 0 Å². The number of esters is 1. The lowest BCUT2D eigenvalue weighted by atomic mass is 10.0. The van der Waals surface area contributed by atoms with Gasteiger partial charge >= 0.3 is 5.97 Å². The van der Waals surface area contributed by atoms with E-state index in [1.54, 1.807) is 0 Å². The van der Waals surface area contributed by atoms with Gasteiger partial charge in [0.25, 0.3) is 0 Å². The second-order valence-electron chi connectivity index (χ2n) is 30.1. The molecule has 89 heavy (non-hydrogen) atoms. The Morgan fingerprint density at radius 3 is 0.517 bits per heavy atom. The van der Waals surface area contributed by atoms with Gasteiger partial charge in [0.2, 0.25) is 0 Å². The van der Waals surface area contributed by atoms with Crippen molar-refractivity contribution in [2.24, 2.45) is 0 Å². The summed E-state index contributed by atoms with van der Waals surface area (Å²) in [5.41, 5.74) is 0. The van der Waals surface area contributed by atoms with E-state index < -0.39 is 0 Å². The van der Waals surface area contributed by atoms with E-state index in [4.69, 9.17) is 4.74 Å². The molecule has 0 aliphatic heterocycles. The summed E-state index contributed by atoms with van der Waals surface area (Å²) in [5, 5.41) is 10.1. The van der Waals surface area contributed by atoms with Gasteiger partial charge in [-0.05, 0) is 25.7 Å². The molecule has 0 aromatic carbocycles. The van der Waals surface area contributed by atoms with Crippen molar-refractivity contribution in [3.05, 3.63) is 0 Å². The number of aliphatic hydroxyl groups excluding tert-OH is 1. The third kappa shape index (κ3) is 83.5. The second kappa shape index (κ2) is 83.5. The van der Waals surface area contributed by atoms with Crippen molar-refractivity contribution in [3.8, 4) is 0 Å². The maximum Gasteiger partial charge on any atom is 0.305 e. The van der Waals surface area contributed by atoms with Gasteiger partial charge in [0, 0.05) is 6.42 Å². The van der Waals surface area contributed by atoms with Crippen LogP contribution in [0.4, 0.5) is 0 Å². The molecule has 0 spiro atoms. The third-order valence-electron chi connectivity index (χ3n) is 20.8. The van der Waals surface area contributed by atoms with Gasteiger partial charge in [0.05, 0.1) is 12.7 Å². The molecule has 0 aliphatic carbocycles. The lowest BCUT2D eigenvalue weighted by Crippen LogP contribution is -2.06. The Bertz CT molecular complexity index is 1220. The van der Waals surface area contributed by atoms with Crippen LogP contribution < -0.4 is 0 Å². The average Bonchev–Trinajstić information content (AvgIpc) is 3.54. The maximum atomic E-state index is 12.1. The van der Waals surface area contributed by atoms with Gasteiger partial charge in [-0.15, -0.1) is 0 Å². The molecule has 0 saturated carbocycles. The molecule has 0 aliphatic rings. The molecule has 0 amide bonds. The first-order chi connectivity index (χ1) is 44.2. The summed E-state index contributed by atoms with van der Waals surface area (Å²) in [6, 6.07) is 0. The van der Waals surface area contributed by atoms with Crippen LogP contribution in [0.5, 0.6) is 0 Å². The summed E-state index contributed by atoms with van der Waals surface area (Å²) < 4.78 is 5.50. The van der Waals surface area contributed by atoms with Crippen molar-refractivity contribution in [2.75, 3.05) is 6.61 Å². The minimum atomic E-state index is -0.0809. The van der Waals surface area contributed by atoms with Gasteiger partial charge < -0.3 is 9.84 Å². The molecule has 0 aromatic heterocycles. The van der Waals surface area contributed by atoms with E-state index in [1.165, 1.54) is 482 Å². The molecular weight excluding hydrogens is 1080 g/mol. The number of carbonyl (C=O) groups excluding carboxylic acids is 1. The highest BCUT2D eigenvalue weighted by molar-refractivity contribution is 5.69. The number of rotatable bonds is 83. The minimum absolute atomic E-state index is 0.0108. The molecule has 534 valence electrons. The summed E-state index contributed by atoms with van der Waals surface area (Å²) in [6.07, 6.45) is 114. The van der Waals surface area contributed by atoms with Crippen LogP contribution in [0.15, 0.2) is 0 Å². The van der Waals surface area contributed by atoms with Crippen LogP contribution in [0, 0.1) is 0 Å². The molecule has 0 bridgehead atoms. The van der Waals surface area contributed by atoms with Gasteiger partial charge in [-0.1, -0.05) is 502 Å². The fourth-order valence-electron chi connectivity index (χ4n) is 14.4. The summed E-state index contributed by atoms with van der Waals surface area (Å²) >= 11 is 0. The first-order valence-corrected chi connectivity index (χ1v) is 43.0. The molecule has 0 saturated heterocycles. The lowest BCUT2D eigenvalue weighted by molar-refractivity contribution is -0.143. The molecule has 3 nitrogen and oxygen atoms in total. The zero-order valence-corrected chi connectivity index (χ0v) is 62.3. The summed E-state index contributed by atoms with van der Waals surface area (Å²) in [6.45, 7) is 5.17. The average molecular weight is 1250 g/mol. The Morgan fingerprint density at radius 2 is 0.337 bits per heavy atom.